The zero-order chi connectivity index (χ0) is 15.9. The lowest BCUT2D eigenvalue weighted by Gasteiger charge is -2.10. The fourth-order valence-electron chi connectivity index (χ4n) is 2.19. The molecule has 1 amide bonds. The number of carbonyl (C=O) groups is 1. The Bertz CT molecular complexity index is 655. The van der Waals surface area contributed by atoms with Crippen LogP contribution in [0.25, 0.3) is 0 Å². The number of nitrogens with one attached hydrogen (secondary N) is 1. The lowest BCUT2D eigenvalue weighted by molar-refractivity contribution is -0.123. The number of carbonyl (C=O) groups excluding carboxylic acids is 1. The molecular weight excluding hydrogens is 342 g/mol. The molecule has 0 saturated heterocycles. The van der Waals surface area contributed by atoms with Crippen LogP contribution < -0.4 is 10.1 Å². The molecule has 0 heterocycles. The Kier molecular flexibility index (Phi) is 6.01. The molecule has 0 aliphatic heterocycles. The number of hydrogen-bond acceptors (Lipinski definition) is 2. The molecule has 2 aromatic rings. The monoisotopic (exact) mass is 361 g/mol. The predicted octanol–water partition coefficient (Wildman–Crippen LogP) is 3.80. The lowest BCUT2D eigenvalue weighted by atomic mass is 10.1. The average molecular weight is 362 g/mol. The van der Waals surface area contributed by atoms with Gasteiger partial charge in [-0.1, -0.05) is 51.8 Å². The predicted molar refractivity (Wildman–Crippen MR) is 92.3 cm³/mol. The van der Waals surface area contributed by atoms with E-state index in [-0.39, 0.29) is 12.5 Å². The highest BCUT2D eigenvalue weighted by atomic mass is 79.9. The number of amides is 1. The second kappa shape index (κ2) is 7.99. The van der Waals surface area contributed by atoms with Crippen LogP contribution in [-0.2, 0) is 11.2 Å². The average Bonchev–Trinajstić information content (AvgIpc) is 2.48. The lowest BCUT2D eigenvalue weighted by Crippen LogP contribution is -2.30. The minimum absolute atomic E-state index is 0.0415. The highest BCUT2D eigenvalue weighted by Gasteiger charge is 2.05. The third kappa shape index (κ3) is 4.88. The molecule has 3 nitrogen and oxygen atoms in total. The quantitative estimate of drug-likeness (QED) is 0.849. The van der Waals surface area contributed by atoms with Crippen molar-refractivity contribution in [1.82, 2.24) is 5.32 Å². The number of ether oxygens (including phenoxy) is 1. The Morgan fingerprint density at radius 2 is 1.95 bits per heavy atom. The van der Waals surface area contributed by atoms with Gasteiger partial charge in [-0.05, 0) is 43.5 Å². The summed E-state index contributed by atoms with van der Waals surface area (Å²) in [5.41, 5.74) is 3.40. The number of hydrogen-bond donors (Lipinski definition) is 1. The van der Waals surface area contributed by atoms with Crippen LogP contribution in [0.5, 0.6) is 5.75 Å². The molecule has 116 valence electrons. The molecule has 2 rings (SSSR count). The molecule has 0 spiro atoms. The van der Waals surface area contributed by atoms with Gasteiger partial charge in [0.05, 0.1) is 0 Å². The van der Waals surface area contributed by atoms with Gasteiger partial charge < -0.3 is 10.1 Å². The van der Waals surface area contributed by atoms with Crippen molar-refractivity contribution in [3.05, 3.63) is 63.6 Å². The summed E-state index contributed by atoms with van der Waals surface area (Å²) < 4.78 is 6.62. The van der Waals surface area contributed by atoms with Crippen LogP contribution in [0.2, 0.25) is 0 Å². The Labute approximate surface area is 139 Å². The van der Waals surface area contributed by atoms with E-state index in [0.29, 0.717) is 6.54 Å². The molecule has 0 atom stereocenters. The Hall–Kier alpha value is -1.81. The van der Waals surface area contributed by atoms with Crippen molar-refractivity contribution < 1.29 is 9.53 Å². The van der Waals surface area contributed by atoms with Crippen LogP contribution in [0.1, 0.15) is 16.7 Å². The zero-order valence-electron chi connectivity index (χ0n) is 12.9. The third-order valence-corrected chi connectivity index (χ3v) is 4.14. The largest absolute Gasteiger partial charge is 0.484 e. The second-order valence-electron chi connectivity index (χ2n) is 5.25. The molecule has 0 unspecified atom stereocenters. The van der Waals surface area contributed by atoms with Crippen LogP contribution in [0, 0.1) is 13.8 Å². The van der Waals surface area contributed by atoms with Gasteiger partial charge >= 0.3 is 0 Å². The number of aryl methyl sites for hydroxylation is 2. The van der Waals surface area contributed by atoms with Crippen molar-refractivity contribution in [2.24, 2.45) is 0 Å². The summed E-state index contributed by atoms with van der Waals surface area (Å²) in [5.74, 6) is 0.651. The molecule has 4 heteroatoms. The summed E-state index contributed by atoms with van der Waals surface area (Å²) in [6, 6.07) is 13.9. The van der Waals surface area contributed by atoms with Crippen molar-refractivity contribution in [3.63, 3.8) is 0 Å². The van der Waals surface area contributed by atoms with Crippen LogP contribution in [-0.4, -0.2) is 19.1 Å². The molecule has 22 heavy (non-hydrogen) atoms. The standard InChI is InChI=1S/C18H20BrNO2/c1-13-7-8-17(14(2)11-13)22-12-18(21)20-10-9-15-5-3-4-6-16(15)19/h3-8,11H,9-10,12H2,1-2H3,(H,20,21). The summed E-state index contributed by atoms with van der Waals surface area (Å²) in [7, 11) is 0. The van der Waals surface area contributed by atoms with Crippen molar-refractivity contribution in [2.45, 2.75) is 20.3 Å². The van der Waals surface area contributed by atoms with E-state index < -0.39 is 0 Å². The smallest absolute Gasteiger partial charge is 0.257 e. The Balaban J connectivity index is 1.75. The molecule has 0 saturated carbocycles. The molecule has 0 aliphatic carbocycles. The van der Waals surface area contributed by atoms with E-state index in [9.17, 15) is 4.79 Å². The molecule has 0 aliphatic rings. The highest BCUT2D eigenvalue weighted by molar-refractivity contribution is 9.10. The maximum atomic E-state index is 11.8. The van der Waals surface area contributed by atoms with Crippen LogP contribution in [0.4, 0.5) is 0 Å². The molecule has 0 aromatic heterocycles. The summed E-state index contributed by atoms with van der Waals surface area (Å²) in [4.78, 5) is 11.8. The maximum Gasteiger partial charge on any atom is 0.257 e. The van der Waals surface area contributed by atoms with Crippen LogP contribution >= 0.6 is 15.9 Å². The van der Waals surface area contributed by atoms with Gasteiger partial charge in [-0.3, -0.25) is 4.79 Å². The van der Waals surface area contributed by atoms with Gasteiger partial charge in [-0.15, -0.1) is 0 Å². The van der Waals surface area contributed by atoms with Crippen LogP contribution in [0.15, 0.2) is 46.9 Å². The van der Waals surface area contributed by atoms with Gasteiger partial charge in [0.1, 0.15) is 5.75 Å². The van der Waals surface area contributed by atoms with Crippen LogP contribution in [0.3, 0.4) is 0 Å². The minimum atomic E-state index is -0.105. The molecule has 2 aromatic carbocycles. The van der Waals surface area contributed by atoms with E-state index in [1.807, 2.05) is 56.3 Å². The second-order valence-corrected chi connectivity index (χ2v) is 6.10. The van der Waals surface area contributed by atoms with E-state index in [2.05, 4.69) is 21.2 Å². The first-order valence-electron chi connectivity index (χ1n) is 7.26. The molecule has 1 N–H and O–H groups in total. The zero-order valence-corrected chi connectivity index (χ0v) is 14.4. The summed E-state index contributed by atoms with van der Waals surface area (Å²) in [5, 5.41) is 2.87. The fraction of sp³-hybridized carbons (Fsp3) is 0.278. The van der Waals surface area contributed by atoms with Gasteiger partial charge in [0.25, 0.3) is 5.91 Å². The van der Waals surface area contributed by atoms with E-state index in [1.165, 1.54) is 11.1 Å². The molecule has 0 bridgehead atoms. The maximum absolute atomic E-state index is 11.8. The molecular formula is C18H20BrNO2. The summed E-state index contributed by atoms with van der Waals surface area (Å²) in [6.45, 7) is 4.65. The number of benzene rings is 2. The van der Waals surface area contributed by atoms with E-state index in [4.69, 9.17) is 4.74 Å². The SMILES string of the molecule is Cc1ccc(OCC(=O)NCCc2ccccc2Br)c(C)c1. The Morgan fingerprint density at radius 1 is 1.18 bits per heavy atom. The van der Waals surface area contributed by atoms with Crippen molar-refractivity contribution in [3.8, 4) is 5.75 Å². The first-order chi connectivity index (χ1) is 10.6. The fourth-order valence-corrected chi connectivity index (χ4v) is 2.68. The minimum Gasteiger partial charge on any atom is -0.484 e. The normalized spacial score (nSPS) is 10.3. The summed E-state index contributed by atoms with van der Waals surface area (Å²) in [6.07, 6.45) is 0.788. The first-order valence-corrected chi connectivity index (χ1v) is 8.05. The third-order valence-electron chi connectivity index (χ3n) is 3.36. The van der Waals surface area contributed by atoms with Gasteiger partial charge in [-0.25, -0.2) is 0 Å². The Morgan fingerprint density at radius 3 is 2.68 bits per heavy atom. The van der Waals surface area contributed by atoms with Gasteiger partial charge in [0, 0.05) is 11.0 Å². The van der Waals surface area contributed by atoms with Gasteiger partial charge in [0.2, 0.25) is 0 Å². The number of rotatable bonds is 6. The van der Waals surface area contributed by atoms with E-state index in [0.717, 1.165) is 22.2 Å². The summed E-state index contributed by atoms with van der Waals surface area (Å²) >= 11 is 3.50. The van der Waals surface area contributed by atoms with E-state index in [1.54, 1.807) is 0 Å². The molecule has 0 fully saturated rings. The van der Waals surface area contributed by atoms with Crippen molar-refractivity contribution in [1.29, 1.82) is 0 Å². The van der Waals surface area contributed by atoms with Crippen molar-refractivity contribution in [2.75, 3.05) is 13.2 Å². The molecule has 0 radical (unpaired) electrons. The topological polar surface area (TPSA) is 38.3 Å². The first kappa shape index (κ1) is 16.6. The van der Waals surface area contributed by atoms with Crippen molar-refractivity contribution >= 4 is 21.8 Å². The highest BCUT2D eigenvalue weighted by Crippen LogP contribution is 2.18. The number of halogens is 1. The van der Waals surface area contributed by atoms with Gasteiger partial charge in [-0.2, -0.15) is 0 Å². The van der Waals surface area contributed by atoms with Gasteiger partial charge in [0.15, 0.2) is 6.61 Å². The van der Waals surface area contributed by atoms with E-state index >= 15 is 0 Å².